The summed E-state index contributed by atoms with van der Waals surface area (Å²) in [7, 11) is 0. The minimum absolute atomic E-state index is 0.0270. The molecule has 1 saturated heterocycles. The topological polar surface area (TPSA) is 38.8 Å². The van der Waals surface area contributed by atoms with Crippen LogP contribution in [0.25, 0.3) is 5.57 Å². The molecule has 100 valence electrons. The van der Waals surface area contributed by atoms with Crippen LogP contribution in [0.4, 0.5) is 0 Å². The average molecular weight is 258 g/mol. The van der Waals surface area contributed by atoms with Crippen LogP contribution in [-0.4, -0.2) is 17.9 Å². The predicted molar refractivity (Wildman–Crippen MR) is 72.3 cm³/mol. The lowest BCUT2D eigenvalue weighted by Crippen LogP contribution is -2.18. The van der Waals surface area contributed by atoms with Crippen LogP contribution in [0.5, 0.6) is 0 Å². The Kier molecular flexibility index (Phi) is 2.94. The largest absolute Gasteiger partial charge is 0.422 e. The summed E-state index contributed by atoms with van der Waals surface area (Å²) in [6.45, 7) is 4.16. The van der Waals surface area contributed by atoms with Crippen LogP contribution >= 0.6 is 0 Å². The summed E-state index contributed by atoms with van der Waals surface area (Å²) in [5.41, 5.74) is 2.66. The number of carbonyl (C=O) groups is 1. The molecule has 2 aliphatic heterocycles. The first kappa shape index (κ1) is 12.4. The van der Waals surface area contributed by atoms with Gasteiger partial charge in [0.2, 0.25) is 0 Å². The predicted octanol–water partition coefficient (Wildman–Crippen LogP) is 3.30. The number of hydrogen-bond donors (Lipinski definition) is 0. The van der Waals surface area contributed by atoms with Gasteiger partial charge >= 0.3 is 5.97 Å². The zero-order valence-electron chi connectivity index (χ0n) is 11.3. The highest BCUT2D eigenvalue weighted by Crippen LogP contribution is 2.54. The molecule has 3 heteroatoms. The van der Waals surface area contributed by atoms with E-state index in [1.54, 1.807) is 0 Å². The molecule has 3 nitrogen and oxygen atoms in total. The summed E-state index contributed by atoms with van der Waals surface area (Å²) < 4.78 is 11.3. The average Bonchev–Trinajstić information content (AvgIpc) is 3.06. The number of esters is 1. The Morgan fingerprint density at radius 2 is 1.95 bits per heavy atom. The third-order valence-corrected chi connectivity index (χ3v) is 3.79. The van der Waals surface area contributed by atoms with E-state index in [2.05, 4.69) is 13.8 Å². The SMILES string of the molecule is CCCC1=C(c2ccccc2)C(=O)OC12OC2CC. The van der Waals surface area contributed by atoms with Crippen molar-refractivity contribution >= 4 is 11.5 Å². The van der Waals surface area contributed by atoms with Gasteiger partial charge in [-0.2, -0.15) is 0 Å². The highest BCUT2D eigenvalue weighted by atomic mass is 16.8. The summed E-state index contributed by atoms with van der Waals surface area (Å²) in [6.07, 6.45) is 2.71. The van der Waals surface area contributed by atoms with Gasteiger partial charge in [0.1, 0.15) is 6.10 Å². The molecule has 19 heavy (non-hydrogen) atoms. The van der Waals surface area contributed by atoms with E-state index in [-0.39, 0.29) is 12.1 Å². The molecule has 0 aliphatic carbocycles. The second-order valence-corrected chi connectivity index (χ2v) is 5.04. The molecule has 0 aromatic heterocycles. The fourth-order valence-corrected chi connectivity index (χ4v) is 2.88. The van der Waals surface area contributed by atoms with Crippen molar-refractivity contribution < 1.29 is 14.3 Å². The lowest BCUT2D eigenvalue weighted by Gasteiger charge is -2.08. The van der Waals surface area contributed by atoms with E-state index in [4.69, 9.17) is 9.47 Å². The highest BCUT2D eigenvalue weighted by Gasteiger charge is 2.66. The van der Waals surface area contributed by atoms with E-state index in [9.17, 15) is 4.79 Å². The monoisotopic (exact) mass is 258 g/mol. The first-order chi connectivity index (χ1) is 9.23. The van der Waals surface area contributed by atoms with Crippen molar-refractivity contribution in [1.29, 1.82) is 0 Å². The zero-order valence-corrected chi connectivity index (χ0v) is 11.3. The Bertz CT molecular complexity index is 532. The van der Waals surface area contributed by atoms with Crippen molar-refractivity contribution in [3.8, 4) is 0 Å². The Balaban J connectivity index is 2.07. The van der Waals surface area contributed by atoms with E-state index in [1.165, 1.54) is 0 Å². The molecule has 0 bridgehead atoms. The third kappa shape index (κ3) is 1.80. The molecule has 2 atom stereocenters. The standard InChI is InChI=1S/C16H18O3/c1-3-8-12-14(11-9-6-5-7-10-11)15(17)19-16(12)13(4-2)18-16/h5-7,9-10,13H,3-4,8H2,1-2H3. The van der Waals surface area contributed by atoms with Gasteiger partial charge < -0.3 is 9.47 Å². The quantitative estimate of drug-likeness (QED) is 0.614. The van der Waals surface area contributed by atoms with E-state index >= 15 is 0 Å². The van der Waals surface area contributed by atoms with Gasteiger partial charge in [-0.25, -0.2) is 4.79 Å². The number of carbonyl (C=O) groups excluding carboxylic acids is 1. The number of hydrogen-bond acceptors (Lipinski definition) is 3. The molecule has 2 heterocycles. The van der Waals surface area contributed by atoms with Crippen LogP contribution in [0.1, 0.15) is 38.7 Å². The second kappa shape index (κ2) is 4.49. The van der Waals surface area contributed by atoms with Gasteiger partial charge in [-0.05, 0) is 18.4 Å². The van der Waals surface area contributed by atoms with Gasteiger partial charge in [-0.15, -0.1) is 0 Å². The highest BCUT2D eigenvalue weighted by molar-refractivity contribution is 6.20. The molecular formula is C16H18O3. The summed E-state index contributed by atoms with van der Waals surface area (Å²) in [4.78, 5) is 12.2. The first-order valence-corrected chi connectivity index (χ1v) is 6.93. The molecule has 0 radical (unpaired) electrons. The van der Waals surface area contributed by atoms with E-state index < -0.39 is 5.79 Å². The Labute approximate surface area is 113 Å². The Morgan fingerprint density at radius 1 is 1.21 bits per heavy atom. The first-order valence-electron chi connectivity index (χ1n) is 6.93. The van der Waals surface area contributed by atoms with Gasteiger partial charge in [0.25, 0.3) is 5.79 Å². The van der Waals surface area contributed by atoms with Crippen LogP contribution in [0.3, 0.4) is 0 Å². The van der Waals surface area contributed by atoms with Crippen LogP contribution < -0.4 is 0 Å². The van der Waals surface area contributed by atoms with Crippen LogP contribution in [0, 0.1) is 0 Å². The normalized spacial score (nSPS) is 28.9. The number of benzene rings is 1. The lowest BCUT2D eigenvalue weighted by molar-refractivity contribution is -0.144. The fourth-order valence-electron chi connectivity index (χ4n) is 2.88. The maximum Gasteiger partial charge on any atom is 0.341 e. The third-order valence-electron chi connectivity index (χ3n) is 3.79. The molecule has 2 unspecified atom stereocenters. The minimum atomic E-state index is -0.743. The maximum absolute atomic E-state index is 12.2. The number of epoxide rings is 1. The summed E-state index contributed by atoms with van der Waals surface area (Å²) in [6, 6.07) is 9.73. The molecule has 2 aliphatic rings. The van der Waals surface area contributed by atoms with Crippen LogP contribution in [0.15, 0.2) is 35.9 Å². The Morgan fingerprint density at radius 3 is 2.53 bits per heavy atom. The zero-order chi connectivity index (χ0) is 13.5. The van der Waals surface area contributed by atoms with Crippen molar-refractivity contribution in [2.24, 2.45) is 0 Å². The van der Waals surface area contributed by atoms with Crippen LogP contribution in [-0.2, 0) is 14.3 Å². The molecule has 3 rings (SSSR count). The summed E-state index contributed by atoms with van der Waals surface area (Å²) in [5, 5.41) is 0. The number of ether oxygens (including phenoxy) is 2. The molecule has 0 N–H and O–H groups in total. The number of rotatable bonds is 4. The molecular weight excluding hydrogens is 240 g/mol. The van der Waals surface area contributed by atoms with Crippen molar-refractivity contribution in [1.82, 2.24) is 0 Å². The maximum atomic E-state index is 12.2. The molecule has 0 amide bonds. The van der Waals surface area contributed by atoms with E-state index in [0.29, 0.717) is 5.57 Å². The molecule has 0 saturated carbocycles. The summed E-state index contributed by atoms with van der Waals surface area (Å²) in [5.74, 6) is -0.988. The van der Waals surface area contributed by atoms with Crippen molar-refractivity contribution in [2.75, 3.05) is 0 Å². The van der Waals surface area contributed by atoms with Crippen LogP contribution in [0.2, 0.25) is 0 Å². The lowest BCUT2D eigenvalue weighted by atomic mass is 9.93. The van der Waals surface area contributed by atoms with E-state index in [0.717, 1.165) is 30.4 Å². The van der Waals surface area contributed by atoms with Crippen molar-refractivity contribution in [3.63, 3.8) is 0 Å². The van der Waals surface area contributed by atoms with Gasteiger partial charge in [0.15, 0.2) is 0 Å². The van der Waals surface area contributed by atoms with Gasteiger partial charge in [0.05, 0.1) is 5.57 Å². The second-order valence-electron chi connectivity index (χ2n) is 5.04. The molecule has 1 aromatic carbocycles. The smallest absolute Gasteiger partial charge is 0.341 e. The fraction of sp³-hybridized carbons (Fsp3) is 0.438. The van der Waals surface area contributed by atoms with Crippen molar-refractivity contribution in [3.05, 3.63) is 41.5 Å². The van der Waals surface area contributed by atoms with E-state index in [1.807, 2.05) is 30.3 Å². The van der Waals surface area contributed by atoms with Crippen molar-refractivity contribution in [2.45, 2.75) is 45.0 Å². The summed E-state index contributed by atoms with van der Waals surface area (Å²) >= 11 is 0. The molecule has 1 spiro atoms. The molecule has 1 fully saturated rings. The van der Waals surface area contributed by atoms with Gasteiger partial charge in [-0.3, -0.25) is 0 Å². The van der Waals surface area contributed by atoms with Gasteiger partial charge in [0, 0.05) is 5.57 Å². The minimum Gasteiger partial charge on any atom is -0.422 e. The van der Waals surface area contributed by atoms with Gasteiger partial charge in [-0.1, -0.05) is 50.6 Å². The Hall–Kier alpha value is -1.61. The molecule has 1 aromatic rings.